The fourth-order valence-corrected chi connectivity index (χ4v) is 4.17. The minimum Gasteiger partial charge on any atom is -0.341 e. The van der Waals surface area contributed by atoms with Gasteiger partial charge in [-0.25, -0.2) is 9.37 Å². The molecule has 0 amide bonds. The maximum absolute atomic E-state index is 13.1. The smallest absolute Gasteiger partial charge is 0.294 e. The molecule has 2 aromatic heterocycles. The molecule has 0 saturated carbocycles. The standard InChI is InChI=1S/C26H21FN4O2/c27-21-10-8-19(9-11-21)12-13-30-18-28-14-22(30)15-29-16-25(26(17-29)31(32)33)24-7-3-5-20-4-1-2-6-23(20)24/h1-11,14,16-18H,12-13,15H2. The van der Waals surface area contributed by atoms with Gasteiger partial charge in [0.05, 0.1) is 35.2 Å². The molecule has 6 nitrogen and oxygen atoms in total. The number of rotatable bonds is 7. The first-order valence-electron chi connectivity index (χ1n) is 10.6. The maximum Gasteiger partial charge on any atom is 0.294 e. The molecule has 0 unspecified atom stereocenters. The average Bonchev–Trinajstić information content (AvgIpc) is 3.45. The lowest BCUT2D eigenvalue weighted by atomic mass is 9.99. The van der Waals surface area contributed by atoms with Gasteiger partial charge in [0.25, 0.3) is 5.69 Å². The minimum absolute atomic E-state index is 0.0729. The van der Waals surface area contributed by atoms with E-state index in [0.29, 0.717) is 18.7 Å². The van der Waals surface area contributed by atoms with E-state index in [4.69, 9.17) is 0 Å². The van der Waals surface area contributed by atoms with E-state index in [2.05, 4.69) is 4.98 Å². The highest BCUT2D eigenvalue weighted by molar-refractivity contribution is 5.98. The van der Waals surface area contributed by atoms with Gasteiger partial charge in [-0.15, -0.1) is 0 Å². The monoisotopic (exact) mass is 440 g/mol. The van der Waals surface area contributed by atoms with Crippen LogP contribution in [0.3, 0.4) is 0 Å². The Balaban J connectivity index is 1.43. The van der Waals surface area contributed by atoms with Gasteiger partial charge in [0.15, 0.2) is 0 Å². The summed E-state index contributed by atoms with van der Waals surface area (Å²) < 4.78 is 17.0. The second kappa shape index (κ2) is 8.70. The molecule has 0 atom stereocenters. The summed E-state index contributed by atoms with van der Waals surface area (Å²) >= 11 is 0. The van der Waals surface area contributed by atoms with Gasteiger partial charge in [0.2, 0.25) is 0 Å². The molecule has 0 fully saturated rings. The molecule has 0 saturated heterocycles. The Hall–Kier alpha value is -4.26. The van der Waals surface area contributed by atoms with Crippen molar-refractivity contribution >= 4 is 16.5 Å². The molecule has 0 N–H and O–H groups in total. The van der Waals surface area contributed by atoms with Crippen LogP contribution in [0.2, 0.25) is 0 Å². The van der Waals surface area contributed by atoms with Gasteiger partial charge in [-0.1, -0.05) is 54.6 Å². The molecule has 5 aromatic rings. The van der Waals surface area contributed by atoms with Crippen LogP contribution in [0.4, 0.5) is 10.1 Å². The Morgan fingerprint density at radius 2 is 1.73 bits per heavy atom. The zero-order chi connectivity index (χ0) is 22.8. The SMILES string of the molecule is O=[N+]([O-])c1cn(Cc2cncn2CCc2ccc(F)cc2)cc1-c1cccc2ccccc12. The number of benzene rings is 3. The van der Waals surface area contributed by atoms with E-state index in [9.17, 15) is 14.5 Å². The summed E-state index contributed by atoms with van der Waals surface area (Å²) in [5.41, 5.74) is 3.47. The molecule has 164 valence electrons. The lowest BCUT2D eigenvalue weighted by Crippen LogP contribution is -2.07. The molecule has 0 radical (unpaired) electrons. The van der Waals surface area contributed by atoms with Gasteiger partial charge in [-0.05, 0) is 40.5 Å². The van der Waals surface area contributed by atoms with E-state index >= 15 is 0 Å². The van der Waals surface area contributed by atoms with Gasteiger partial charge in [-0.2, -0.15) is 0 Å². The Labute approximate surface area is 189 Å². The number of hydrogen-bond donors (Lipinski definition) is 0. The average molecular weight is 440 g/mol. The van der Waals surface area contributed by atoms with Crippen molar-refractivity contribution in [1.29, 1.82) is 0 Å². The molecule has 5 rings (SSSR count). The topological polar surface area (TPSA) is 65.9 Å². The quantitative estimate of drug-likeness (QED) is 0.236. The fraction of sp³-hybridized carbons (Fsp3) is 0.115. The van der Waals surface area contributed by atoms with Crippen LogP contribution in [0.1, 0.15) is 11.3 Å². The van der Waals surface area contributed by atoms with Crippen LogP contribution in [-0.4, -0.2) is 19.0 Å². The van der Waals surface area contributed by atoms with Gasteiger partial charge >= 0.3 is 0 Å². The molecular formula is C26H21FN4O2. The Morgan fingerprint density at radius 1 is 0.939 bits per heavy atom. The predicted octanol–water partition coefficient (Wildman–Crippen LogP) is 5.84. The molecule has 2 heterocycles. The summed E-state index contributed by atoms with van der Waals surface area (Å²) in [7, 11) is 0. The van der Waals surface area contributed by atoms with Crippen molar-refractivity contribution in [2.24, 2.45) is 0 Å². The van der Waals surface area contributed by atoms with Crippen molar-refractivity contribution < 1.29 is 9.31 Å². The molecule has 7 heteroatoms. The Morgan fingerprint density at radius 3 is 2.55 bits per heavy atom. The third-order valence-electron chi connectivity index (χ3n) is 5.83. The van der Waals surface area contributed by atoms with E-state index in [1.807, 2.05) is 57.8 Å². The second-order valence-corrected chi connectivity index (χ2v) is 7.97. The Kier molecular flexibility index (Phi) is 5.44. The summed E-state index contributed by atoms with van der Waals surface area (Å²) in [6.45, 7) is 1.13. The van der Waals surface area contributed by atoms with Crippen LogP contribution in [0, 0.1) is 15.9 Å². The van der Waals surface area contributed by atoms with Crippen molar-refractivity contribution in [3.63, 3.8) is 0 Å². The lowest BCUT2D eigenvalue weighted by Gasteiger charge is -2.09. The van der Waals surface area contributed by atoms with Crippen LogP contribution in [-0.2, 0) is 19.5 Å². The lowest BCUT2D eigenvalue weighted by molar-refractivity contribution is -0.384. The number of aromatic nitrogens is 3. The van der Waals surface area contributed by atoms with Crippen LogP contribution in [0.25, 0.3) is 21.9 Å². The fourth-order valence-electron chi connectivity index (χ4n) is 4.17. The highest BCUT2D eigenvalue weighted by atomic mass is 19.1. The van der Waals surface area contributed by atoms with E-state index in [1.54, 1.807) is 30.9 Å². The van der Waals surface area contributed by atoms with E-state index in [-0.39, 0.29) is 16.4 Å². The first-order chi connectivity index (χ1) is 16.1. The first-order valence-corrected chi connectivity index (χ1v) is 10.6. The van der Waals surface area contributed by atoms with Crippen LogP contribution in [0.15, 0.2) is 91.6 Å². The second-order valence-electron chi connectivity index (χ2n) is 7.97. The molecule has 0 aliphatic rings. The van der Waals surface area contributed by atoms with E-state index in [1.165, 1.54) is 12.1 Å². The molecule has 0 spiro atoms. The van der Waals surface area contributed by atoms with Crippen LogP contribution < -0.4 is 0 Å². The number of imidazole rings is 1. The Bertz CT molecular complexity index is 1430. The van der Waals surface area contributed by atoms with Crippen LogP contribution >= 0.6 is 0 Å². The molecule has 0 bridgehead atoms. The number of nitrogens with zero attached hydrogens (tertiary/aromatic N) is 4. The van der Waals surface area contributed by atoms with Crippen molar-refractivity contribution in [1.82, 2.24) is 14.1 Å². The molecule has 0 aliphatic carbocycles. The van der Waals surface area contributed by atoms with Crippen molar-refractivity contribution in [2.75, 3.05) is 0 Å². The summed E-state index contributed by atoms with van der Waals surface area (Å²) in [5.74, 6) is -0.252. The summed E-state index contributed by atoms with van der Waals surface area (Å²) in [5, 5.41) is 13.9. The summed E-state index contributed by atoms with van der Waals surface area (Å²) in [6.07, 6.45) is 7.67. The number of fused-ring (bicyclic) bond motifs is 1. The van der Waals surface area contributed by atoms with Gasteiger partial charge in [0.1, 0.15) is 5.82 Å². The van der Waals surface area contributed by atoms with Crippen molar-refractivity contribution in [2.45, 2.75) is 19.5 Å². The highest BCUT2D eigenvalue weighted by Gasteiger charge is 2.21. The summed E-state index contributed by atoms with van der Waals surface area (Å²) in [6, 6.07) is 20.2. The summed E-state index contributed by atoms with van der Waals surface area (Å²) in [4.78, 5) is 15.8. The number of nitro groups is 1. The van der Waals surface area contributed by atoms with Gasteiger partial charge < -0.3 is 9.13 Å². The number of hydrogen-bond acceptors (Lipinski definition) is 3. The third-order valence-corrected chi connectivity index (χ3v) is 5.83. The molecule has 3 aromatic carbocycles. The normalized spacial score (nSPS) is 11.2. The highest BCUT2D eigenvalue weighted by Crippen LogP contribution is 2.35. The van der Waals surface area contributed by atoms with E-state index in [0.717, 1.165) is 34.0 Å². The molecule has 33 heavy (non-hydrogen) atoms. The third kappa shape index (κ3) is 4.25. The minimum atomic E-state index is -0.334. The predicted molar refractivity (Wildman–Crippen MR) is 125 cm³/mol. The number of aryl methyl sites for hydroxylation is 2. The molecule has 0 aliphatic heterocycles. The number of halogens is 1. The van der Waals surface area contributed by atoms with Gasteiger partial charge in [0, 0.05) is 18.9 Å². The largest absolute Gasteiger partial charge is 0.341 e. The zero-order valence-electron chi connectivity index (χ0n) is 17.8. The molecular weight excluding hydrogens is 419 g/mol. The van der Waals surface area contributed by atoms with E-state index < -0.39 is 0 Å². The van der Waals surface area contributed by atoms with Crippen LogP contribution in [0.5, 0.6) is 0 Å². The van der Waals surface area contributed by atoms with Crippen molar-refractivity contribution in [3.8, 4) is 11.1 Å². The maximum atomic E-state index is 13.1. The van der Waals surface area contributed by atoms with Crippen molar-refractivity contribution in [3.05, 3.63) is 119 Å². The first kappa shape index (κ1) is 20.6. The zero-order valence-corrected chi connectivity index (χ0v) is 17.8. The van der Waals surface area contributed by atoms with Gasteiger partial charge in [-0.3, -0.25) is 10.1 Å².